The van der Waals surface area contributed by atoms with E-state index in [0.29, 0.717) is 11.4 Å². The first-order valence-electron chi connectivity index (χ1n) is 4.43. The van der Waals surface area contributed by atoms with Crippen LogP contribution in [0.4, 0.5) is 0 Å². The van der Waals surface area contributed by atoms with Crippen LogP contribution in [0.5, 0.6) is 0 Å². The Labute approximate surface area is 92.6 Å². The first kappa shape index (κ1) is 9.75. The van der Waals surface area contributed by atoms with E-state index in [1.54, 1.807) is 18.5 Å². The number of nitrogens with zero attached hydrogens (tertiary/aromatic N) is 3. The van der Waals surface area contributed by atoms with Crippen molar-refractivity contribution in [3.8, 4) is 11.8 Å². The Bertz CT molecular complexity index is 493. The second kappa shape index (κ2) is 4.16. The molecular weight excluding hydrogens is 210 g/mol. The second-order valence-corrected chi connectivity index (χ2v) is 3.33. The number of imidazole rings is 1. The summed E-state index contributed by atoms with van der Waals surface area (Å²) in [5, 5.41) is 8.65. The molecule has 0 saturated carbocycles. The first-order valence-corrected chi connectivity index (χ1v) is 4.96. The van der Waals surface area contributed by atoms with Crippen LogP contribution in [0.1, 0.15) is 11.3 Å². The summed E-state index contributed by atoms with van der Waals surface area (Å²) in [4.78, 5) is 4.12. The van der Waals surface area contributed by atoms with Crippen LogP contribution in [0.15, 0.2) is 36.8 Å². The molecule has 0 atom stereocenters. The number of aromatic nitrogens is 2. The van der Waals surface area contributed by atoms with Gasteiger partial charge >= 0.3 is 0 Å². The van der Waals surface area contributed by atoms with Gasteiger partial charge in [0.2, 0.25) is 0 Å². The molecular formula is C11H8ClN3. The molecule has 1 aromatic heterocycles. The lowest BCUT2D eigenvalue weighted by Crippen LogP contribution is -1.89. The first-order chi connectivity index (χ1) is 7.33. The molecule has 0 radical (unpaired) electrons. The number of benzene rings is 1. The van der Waals surface area contributed by atoms with E-state index >= 15 is 0 Å². The van der Waals surface area contributed by atoms with E-state index in [-0.39, 0.29) is 0 Å². The van der Waals surface area contributed by atoms with E-state index in [2.05, 4.69) is 11.1 Å². The van der Waals surface area contributed by atoms with Gasteiger partial charge < -0.3 is 4.57 Å². The van der Waals surface area contributed by atoms with Gasteiger partial charge in [-0.05, 0) is 24.3 Å². The lowest BCUT2D eigenvalue weighted by molar-refractivity contribution is 1.06. The van der Waals surface area contributed by atoms with Gasteiger partial charge in [0, 0.05) is 11.9 Å². The lowest BCUT2D eigenvalue weighted by atomic mass is 10.2. The molecule has 1 aromatic carbocycles. The Kier molecular flexibility index (Phi) is 2.70. The highest BCUT2D eigenvalue weighted by Gasteiger charge is 1.99. The Morgan fingerprint density at radius 3 is 2.60 bits per heavy atom. The number of hydrogen-bond acceptors (Lipinski definition) is 2. The molecule has 0 aliphatic rings. The van der Waals surface area contributed by atoms with Crippen LogP contribution in [-0.4, -0.2) is 9.55 Å². The minimum absolute atomic E-state index is 0.406. The zero-order valence-electron chi connectivity index (χ0n) is 7.89. The number of halogens is 1. The molecule has 74 valence electrons. The predicted octanol–water partition coefficient (Wildman–Crippen LogP) is 2.48. The van der Waals surface area contributed by atoms with Crippen molar-refractivity contribution in [3.63, 3.8) is 0 Å². The molecule has 2 aromatic rings. The summed E-state index contributed by atoms with van der Waals surface area (Å²) in [6.07, 6.45) is 3.58. The van der Waals surface area contributed by atoms with Gasteiger partial charge in [0.05, 0.1) is 29.5 Å². The van der Waals surface area contributed by atoms with Crippen LogP contribution in [0, 0.1) is 11.3 Å². The quantitative estimate of drug-likeness (QED) is 0.726. The molecule has 0 saturated heterocycles. The Balaban J connectivity index is 2.33. The van der Waals surface area contributed by atoms with Gasteiger partial charge in [-0.25, -0.2) is 4.98 Å². The van der Waals surface area contributed by atoms with Crippen LogP contribution in [-0.2, 0) is 5.88 Å². The molecule has 0 bridgehead atoms. The summed E-state index contributed by atoms with van der Waals surface area (Å²) in [6, 6.07) is 9.37. The molecule has 0 spiro atoms. The van der Waals surface area contributed by atoms with Crippen LogP contribution in [0.25, 0.3) is 5.69 Å². The maximum atomic E-state index is 8.65. The average Bonchev–Trinajstić information content (AvgIpc) is 2.78. The highest BCUT2D eigenvalue weighted by molar-refractivity contribution is 6.16. The molecule has 4 heteroatoms. The standard InChI is InChI=1S/C11H8ClN3/c12-5-10-7-15(8-14-10)11-3-1-9(6-13)2-4-11/h1-4,7-8H,5H2. The highest BCUT2D eigenvalue weighted by Crippen LogP contribution is 2.10. The Morgan fingerprint density at radius 2 is 2.07 bits per heavy atom. The lowest BCUT2D eigenvalue weighted by Gasteiger charge is -2.00. The molecule has 3 nitrogen and oxygen atoms in total. The average molecular weight is 218 g/mol. The molecule has 1 heterocycles. The van der Waals surface area contributed by atoms with Crippen molar-refractivity contribution >= 4 is 11.6 Å². The molecule has 0 aliphatic heterocycles. The van der Waals surface area contributed by atoms with Gasteiger partial charge in [0.25, 0.3) is 0 Å². The maximum absolute atomic E-state index is 8.65. The molecule has 15 heavy (non-hydrogen) atoms. The van der Waals surface area contributed by atoms with Gasteiger partial charge in [0.15, 0.2) is 0 Å². The van der Waals surface area contributed by atoms with Gasteiger partial charge in [-0.1, -0.05) is 0 Å². The number of rotatable bonds is 2. The molecule has 2 rings (SSSR count). The van der Waals surface area contributed by atoms with E-state index in [4.69, 9.17) is 16.9 Å². The fourth-order valence-electron chi connectivity index (χ4n) is 1.28. The third-order valence-electron chi connectivity index (χ3n) is 2.07. The monoisotopic (exact) mass is 217 g/mol. The molecule has 0 aliphatic carbocycles. The topological polar surface area (TPSA) is 41.6 Å². The van der Waals surface area contributed by atoms with Crippen molar-refractivity contribution in [2.45, 2.75) is 5.88 Å². The number of alkyl halides is 1. The summed E-state index contributed by atoms with van der Waals surface area (Å²) in [6.45, 7) is 0. The van der Waals surface area contributed by atoms with Crippen molar-refractivity contribution in [2.75, 3.05) is 0 Å². The largest absolute Gasteiger partial charge is 0.306 e. The summed E-state index contributed by atoms with van der Waals surface area (Å²) >= 11 is 5.66. The molecule has 0 amide bonds. The molecule has 0 unspecified atom stereocenters. The smallest absolute Gasteiger partial charge is 0.0995 e. The predicted molar refractivity (Wildman–Crippen MR) is 57.8 cm³/mol. The third kappa shape index (κ3) is 2.00. The van der Waals surface area contributed by atoms with Crippen LogP contribution >= 0.6 is 11.6 Å². The van der Waals surface area contributed by atoms with Crippen LogP contribution in [0.2, 0.25) is 0 Å². The normalized spacial score (nSPS) is 9.87. The van der Waals surface area contributed by atoms with Gasteiger partial charge in [0.1, 0.15) is 0 Å². The summed E-state index contributed by atoms with van der Waals surface area (Å²) in [5.74, 6) is 0.406. The van der Waals surface area contributed by atoms with Crippen molar-refractivity contribution in [1.29, 1.82) is 5.26 Å². The zero-order chi connectivity index (χ0) is 10.7. The van der Waals surface area contributed by atoms with Crippen LogP contribution < -0.4 is 0 Å². The SMILES string of the molecule is N#Cc1ccc(-n2cnc(CCl)c2)cc1. The van der Waals surface area contributed by atoms with Gasteiger partial charge in [-0.3, -0.25) is 0 Å². The van der Waals surface area contributed by atoms with Crippen molar-refractivity contribution < 1.29 is 0 Å². The van der Waals surface area contributed by atoms with E-state index in [9.17, 15) is 0 Å². The minimum Gasteiger partial charge on any atom is -0.306 e. The number of nitriles is 1. The van der Waals surface area contributed by atoms with E-state index < -0.39 is 0 Å². The van der Waals surface area contributed by atoms with Crippen LogP contribution in [0.3, 0.4) is 0 Å². The van der Waals surface area contributed by atoms with E-state index in [1.165, 1.54) is 0 Å². The fourth-order valence-corrected chi connectivity index (χ4v) is 1.42. The highest BCUT2D eigenvalue weighted by atomic mass is 35.5. The van der Waals surface area contributed by atoms with Crippen molar-refractivity contribution in [3.05, 3.63) is 48.0 Å². The third-order valence-corrected chi connectivity index (χ3v) is 2.34. The summed E-state index contributed by atoms with van der Waals surface area (Å²) in [5.41, 5.74) is 2.45. The van der Waals surface area contributed by atoms with E-state index in [0.717, 1.165) is 11.4 Å². The van der Waals surface area contributed by atoms with Gasteiger partial charge in [-0.15, -0.1) is 11.6 Å². The fraction of sp³-hybridized carbons (Fsp3) is 0.0909. The summed E-state index contributed by atoms with van der Waals surface area (Å²) < 4.78 is 1.87. The summed E-state index contributed by atoms with van der Waals surface area (Å²) in [7, 11) is 0. The van der Waals surface area contributed by atoms with Crippen molar-refractivity contribution in [2.24, 2.45) is 0 Å². The zero-order valence-corrected chi connectivity index (χ0v) is 8.65. The second-order valence-electron chi connectivity index (χ2n) is 3.06. The minimum atomic E-state index is 0.406. The van der Waals surface area contributed by atoms with Crippen molar-refractivity contribution in [1.82, 2.24) is 9.55 Å². The molecule has 0 N–H and O–H groups in total. The number of hydrogen-bond donors (Lipinski definition) is 0. The van der Waals surface area contributed by atoms with Gasteiger partial charge in [-0.2, -0.15) is 5.26 Å². The maximum Gasteiger partial charge on any atom is 0.0995 e. The Hall–Kier alpha value is -1.79. The van der Waals surface area contributed by atoms with E-state index in [1.807, 2.05) is 22.9 Å². The Morgan fingerprint density at radius 1 is 1.33 bits per heavy atom. The molecule has 0 fully saturated rings.